The molecular weight excluding hydrogens is 226 g/mol. The second-order valence-corrected chi connectivity index (χ2v) is 4.83. The topological polar surface area (TPSA) is 60.4 Å². The normalized spacial score (nSPS) is 20.8. The molecule has 1 fully saturated rings. The number of hydrogen-bond donors (Lipinski definition) is 0. The van der Waals surface area contributed by atoms with Gasteiger partial charge in [-0.2, -0.15) is 0 Å². The van der Waals surface area contributed by atoms with Crippen LogP contribution in [0.1, 0.15) is 22.5 Å². The Morgan fingerprint density at radius 2 is 2.31 bits per heavy atom. The summed E-state index contributed by atoms with van der Waals surface area (Å²) in [5.41, 5.74) is 0. The predicted octanol–water partition coefficient (Wildman–Crippen LogP) is 0.350. The van der Waals surface area contributed by atoms with Gasteiger partial charge < -0.3 is 14.8 Å². The molecule has 0 radical (unpaired) electrons. The standard InChI is InChI=1S/C11H13NO3S/c13-10(9-4-2-6-16-9)12-5-1-3-8(7-12)11(14)15/h2,4,6,8H,1,3,5,7H2,(H,14,15)/p-1/t8-/m1/s1. The van der Waals surface area contributed by atoms with Gasteiger partial charge >= 0.3 is 0 Å². The van der Waals surface area contributed by atoms with E-state index in [0.29, 0.717) is 17.8 Å². The molecule has 1 aromatic rings. The Hall–Kier alpha value is -1.36. The van der Waals surface area contributed by atoms with Crippen molar-refractivity contribution < 1.29 is 14.7 Å². The summed E-state index contributed by atoms with van der Waals surface area (Å²) in [7, 11) is 0. The van der Waals surface area contributed by atoms with Crippen LogP contribution < -0.4 is 5.11 Å². The molecule has 0 saturated carbocycles. The van der Waals surface area contributed by atoms with Crippen molar-refractivity contribution in [2.45, 2.75) is 12.8 Å². The fraction of sp³-hybridized carbons (Fsp3) is 0.455. The number of rotatable bonds is 2. The van der Waals surface area contributed by atoms with Gasteiger partial charge in [-0.25, -0.2) is 0 Å². The highest BCUT2D eigenvalue weighted by molar-refractivity contribution is 7.12. The van der Waals surface area contributed by atoms with Crippen molar-refractivity contribution in [1.29, 1.82) is 0 Å². The zero-order valence-electron chi connectivity index (χ0n) is 8.72. The van der Waals surface area contributed by atoms with Crippen LogP contribution in [0.4, 0.5) is 0 Å². The average Bonchev–Trinajstić information content (AvgIpc) is 2.81. The lowest BCUT2D eigenvalue weighted by Gasteiger charge is -2.32. The molecule has 0 spiro atoms. The Morgan fingerprint density at radius 3 is 2.94 bits per heavy atom. The minimum absolute atomic E-state index is 0.0686. The molecule has 2 rings (SSSR count). The molecule has 0 unspecified atom stereocenters. The van der Waals surface area contributed by atoms with Crippen LogP contribution in [0.5, 0.6) is 0 Å². The lowest BCUT2D eigenvalue weighted by molar-refractivity contribution is -0.312. The van der Waals surface area contributed by atoms with Gasteiger partial charge in [0.1, 0.15) is 0 Å². The third-order valence-electron chi connectivity index (χ3n) is 2.77. The van der Waals surface area contributed by atoms with Crippen LogP contribution >= 0.6 is 11.3 Å². The molecule has 0 bridgehead atoms. The first-order valence-corrected chi connectivity index (χ1v) is 6.10. The van der Waals surface area contributed by atoms with Crippen LogP contribution in [-0.2, 0) is 4.79 Å². The number of aliphatic carboxylic acids is 1. The van der Waals surface area contributed by atoms with E-state index in [4.69, 9.17) is 0 Å². The molecule has 0 aromatic carbocycles. The van der Waals surface area contributed by atoms with Gasteiger partial charge in [0.15, 0.2) is 0 Å². The zero-order valence-corrected chi connectivity index (χ0v) is 9.53. The molecule has 0 N–H and O–H groups in total. The molecule has 0 aliphatic carbocycles. The molecule has 1 amide bonds. The summed E-state index contributed by atoms with van der Waals surface area (Å²) in [6.45, 7) is 0.916. The summed E-state index contributed by atoms with van der Waals surface area (Å²) in [6.07, 6.45) is 1.34. The van der Waals surface area contributed by atoms with Gasteiger partial charge in [-0.3, -0.25) is 4.79 Å². The monoisotopic (exact) mass is 238 g/mol. The van der Waals surface area contributed by atoms with Gasteiger partial charge in [-0.15, -0.1) is 11.3 Å². The van der Waals surface area contributed by atoms with Crippen LogP contribution in [0, 0.1) is 5.92 Å². The van der Waals surface area contributed by atoms with Crippen molar-refractivity contribution in [2.75, 3.05) is 13.1 Å². The van der Waals surface area contributed by atoms with E-state index in [1.807, 2.05) is 11.4 Å². The highest BCUT2D eigenvalue weighted by Gasteiger charge is 2.25. The summed E-state index contributed by atoms with van der Waals surface area (Å²) in [5, 5.41) is 12.6. The summed E-state index contributed by atoms with van der Waals surface area (Å²) in [4.78, 5) is 25.0. The summed E-state index contributed by atoms with van der Waals surface area (Å²) < 4.78 is 0. The Bertz CT molecular complexity index is 388. The van der Waals surface area contributed by atoms with Gasteiger partial charge in [0.05, 0.1) is 4.88 Å². The van der Waals surface area contributed by atoms with E-state index in [0.717, 1.165) is 6.42 Å². The minimum atomic E-state index is -1.05. The summed E-state index contributed by atoms with van der Waals surface area (Å²) >= 11 is 1.38. The van der Waals surface area contributed by atoms with Crippen LogP contribution in [0.25, 0.3) is 0 Å². The van der Waals surface area contributed by atoms with Gasteiger partial charge in [-0.05, 0) is 24.3 Å². The number of carbonyl (C=O) groups is 2. The summed E-state index contributed by atoms with van der Waals surface area (Å²) in [5.74, 6) is -1.64. The smallest absolute Gasteiger partial charge is 0.263 e. The van der Waals surface area contributed by atoms with Gasteiger partial charge in [0.2, 0.25) is 0 Å². The van der Waals surface area contributed by atoms with Crippen molar-refractivity contribution in [2.24, 2.45) is 5.92 Å². The maximum Gasteiger partial charge on any atom is 0.263 e. The van der Waals surface area contributed by atoms with Crippen molar-refractivity contribution >= 4 is 23.2 Å². The lowest BCUT2D eigenvalue weighted by Crippen LogP contribution is -2.46. The molecule has 1 aromatic heterocycles. The van der Waals surface area contributed by atoms with E-state index >= 15 is 0 Å². The Balaban J connectivity index is 2.05. The van der Waals surface area contributed by atoms with Crippen LogP contribution in [0.15, 0.2) is 17.5 Å². The van der Waals surface area contributed by atoms with E-state index < -0.39 is 11.9 Å². The number of hydrogen-bond acceptors (Lipinski definition) is 4. The minimum Gasteiger partial charge on any atom is -0.550 e. The maximum absolute atomic E-state index is 12.0. The third-order valence-corrected chi connectivity index (χ3v) is 3.63. The quantitative estimate of drug-likeness (QED) is 0.747. The average molecular weight is 238 g/mol. The Kier molecular flexibility index (Phi) is 3.24. The summed E-state index contributed by atoms with van der Waals surface area (Å²) in [6, 6.07) is 3.58. The highest BCUT2D eigenvalue weighted by atomic mass is 32.1. The molecule has 4 nitrogen and oxygen atoms in total. The fourth-order valence-corrected chi connectivity index (χ4v) is 2.60. The zero-order chi connectivity index (χ0) is 11.5. The van der Waals surface area contributed by atoms with E-state index in [9.17, 15) is 14.7 Å². The number of thiophene rings is 1. The fourth-order valence-electron chi connectivity index (χ4n) is 1.91. The Labute approximate surface area is 97.5 Å². The molecule has 1 saturated heterocycles. The first-order chi connectivity index (χ1) is 7.68. The maximum atomic E-state index is 12.0. The highest BCUT2D eigenvalue weighted by Crippen LogP contribution is 2.19. The van der Waals surface area contributed by atoms with E-state index in [-0.39, 0.29) is 12.5 Å². The molecule has 86 valence electrons. The first-order valence-electron chi connectivity index (χ1n) is 5.22. The van der Waals surface area contributed by atoms with Gasteiger partial charge in [0, 0.05) is 25.0 Å². The number of carboxylic acid groups (broad SMARTS) is 1. The van der Waals surface area contributed by atoms with Crippen molar-refractivity contribution in [3.05, 3.63) is 22.4 Å². The SMILES string of the molecule is O=C([O-])[C@@H]1CCCN(C(=O)c2cccs2)C1. The molecule has 1 aliphatic rings. The molecule has 1 atom stereocenters. The van der Waals surface area contributed by atoms with Crippen molar-refractivity contribution in [3.8, 4) is 0 Å². The molecular formula is C11H12NO3S-. The van der Waals surface area contributed by atoms with E-state index in [2.05, 4.69) is 0 Å². The second-order valence-electron chi connectivity index (χ2n) is 3.89. The Morgan fingerprint density at radius 1 is 1.50 bits per heavy atom. The van der Waals surface area contributed by atoms with E-state index in [1.165, 1.54) is 11.3 Å². The lowest BCUT2D eigenvalue weighted by atomic mass is 9.98. The number of carboxylic acids is 1. The number of likely N-dealkylation sites (tertiary alicyclic amines) is 1. The number of nitrogens with zero attached hydrogens (tertiary/aromatic N) is 1. The third kappa shape index (κ3) is 2.24. The van der Waals surface area contributed by atoms with E-state index in [1.54, 1.807) is 11.0 Å². The molecule has 2 heterocycles. The predicted molar refractivity (Wildman–Crippen MR) is 58.0 cm³/mol. The van der Waals surface area contributed by atoms with Crippen LogP contribution in [0.2, 0.25) is 0 Å². The molecule has 16 heavy (non-hydrogen) atoms. The first kappa shape index (κ1) is 11.1. The molecule has 5 heteroatoms. The number of carbonyl (C=O) groups excluding carboxylic acids is 2. The second kappa shape index (κ2) is 4.65. The van der Waals surface area contributed by atoms with Crippen LogP contribution in [-0.4, -0.2) is 29.9 Å². The number of amides is 1. The van der Waals surface area contributed by atoms with Crippen molar-refractivity contribution in [1.82, 2.24) is 4.90 Å². The van der Waals surface area contributed by atoms with Gasteiger partial charge in [0.25, 0.3) is 5.91 Å². The van der Waals surface area contributed by atoms with Gasteiger partial charge in [-0.1, -0.05) is 6.07 Å². The van der Waals surface area contributed by atoms with Crippen LogP contribution in [0.3, 0.4) is 0 Å². The molecule has 1 aliphatic heterocycles. The van der Waals surface area contributed by atoms with Crippen molar-refractivity contribution in [3.63, 3.8) is 0 Å². The largest absolute Gasteiger partial charge is 0.550 e. The number of piperidine rings is 1.